The van der Waals surface area contributed by atoms with Crippen LogP contribution in [0.4, 0.5) is 0 Å². The molecule has 2 N–H and O–H groups in total. The van der Waals surface area contributed by atoms with Crippen LogP contribution in [0.3, 0.4) is 0 Å². The molecule has 3 aromatic rings. The molecule has 0 fully saturated rings. The number of carboxylic acids is 1. The van der Waals surface area contributed by atoms with Crippen molar-refractivity contribution in [2.75, 3.05) is 13.2 Å². The van der Waals surface area contributed by atoms with Gasteiger partial charge in [0, 0.05) is 21.7 Å². The van der Waals surface area contributed by atoms with Crippen molar-refractivity contribution in [1.82, 2.24) is 0 Å². The summed E-state index contributed by atoms with van der Waals surface area (Å²) in [5.74, 6) is -1.03. The summed E-state index contributed by atoms with van der Waals surface area (Å²) < 4.78 is 12.3. The molecular weight excluding hydrogens is 539 g/mol. The maximum atomic E-state index is 11.0. The predicted octanol–water partition coefficient (Wildman–Crippen LogP) is 7.02. The maximum absolute atomic E-state index is 11.0. The Morgan fingerprint density at radius 3 is 1.38 bits per heavy atom. The van der Waals surface area contributed by atoms with Gasteiger partial charge in [-0.2, -0.15) is 0 Å². The molecule has 200 valence electrons. The van der Waals surface area contributed by atoms with E-state index in [1.165, 1.54) is 5.56 Å². The molecule has 0 bridgehead atoms. The first-order valence-corrected chi connectivity index (χ1v) is 12.1. The molecule has 3 aromatic carbocycles. The second-order valence-corrected chi connectivity index (χ2v) is 8.23. The molecule has 0 radical (unpaired) electrons. The molecule has 0 aromatic heterocycles. The van der Waals surface area contributed by atoms with Crippen molar-refractivity contribution in [2.45, 2.75) is 33.6 Å². The number of aryl methyl sites for hydroxylation is 1. The number of carbonyl (C=O) groups is 2. The molecule has 37 heavy (non-hydrogen) atoms. The monoisotopic (exact) mass is 568 g/mol. The van der Waals surface area contributed by atoms with Crippen LogP contribution >= 0.6 is 34.8 Å². The van der Waals surface area contributed by atoms with E-state index in [2.05, 4.69) is 6.65 Å². The second kappa shape index (κ2) is 23.6. The van der Waals surface area contributed by atoms with Crippen molar-refractivity contribution in [3.8, 4) is 0 Å². The predicted molar refractivity (Wildman–Crippen MR) is 147 cm³/mol. The average molecular weight is 570 g/mol. The summed E-state index contributed by atoms with van der Waals surface area (Å²) in [4.78, 5) is 21.3. The zero-order valence-electron chi connectivity index (χ0n) is 20.9. The number of carboxylic acid groups (broad SMARTS) is 1. The molecule has 0 unspecified atom stereocenters. The van der Waals surface area contributed by atoms with E-state index < -0.39 is 5.97 Å². The summed E-state index contributed by atoms with van der Waals surface area (Å²) in [6, 6.07) is 21.7. The fraction of sp³-hybridized carbons (Fsp3) is 0.250. The third kappa shape index (κ3) is 22.1. The normalized spacial score (nSPS) is 8.78. The van der Waals surface area contributed by atoms with Crippen molar-refractivity contribution in [3.05, 3.63) is 111 Å². The molecule has 9 heteroatoms. The van der Waals surface area contributed by atoms with Gasteiger partial charge in [-0.3, -0.25) is 9.59 Å². The molecule has 6 nitrogen and oxygen atoms in total. The van der Waals surface area contributed by atoms with Gasteiger partial charge in [-0.15, -0.1) is 0 Å². The Morgan fingerprint density at radius 2 is 1.08 bits per heavy atom. The van der Waals surface area contributed by atoms with Gasteiger partial charge in [-0.25, -0.2) is 0 Å². The molecule has 0 amide bonds. The van der Waals surface area contributed by atoms with Gasteiger partial charge in [0.05, 0.1) is 19.4 Å². The van der Waals surface area contributed by atoms with Gasteiger partial charge in [0.1, 0.15) is 0 Å². The second-order valence-electron chi connectivity index (χ2n) is 6.92. The average Bonchev–Trinajstić information content (AvgIpc) is 2.86. The summed E-state index contributed by atoms with van der Waals surface area (Å²) >= 11 is 16.9. The summed E-state index contributed by atoms with van der Waals surface area (Å²) in [5, 5.41) is 18.1. The number of esters is 1. The van der Waals surface area contributed by atoms with Crippen LogP contribution in [-0.4, -0.2) is 35.4 Å². The number of aliphatic hydroxyl groups is 1. The van der Waals surface area contributed by atoms with E-state index in [1.807, 2.05) is 43.3 Å². The Bertz CT molecular complexity index is 998. The Kier molecular flexibility index (Phi) is 23.1. The van der Waals surface area contributed by atoms with E-state index in [9.17, 15) is 9.59 Å². The molecule has 0 saturated carbocycles. The number of aliphatic carboxylic acids is 1. The van der Waals surface area contributed by atoms with Gasteiger partial charge in [0.25, 0.3) is 0 Å². The van der Waals surface area contributed by atoms with Crippen LogP contribution in [-0.2, 0) is 31.8 Å². The van der Waals surface area contributed by atoms with Gasteiger partial charge < -0.3 is 14.9 Å². The van der Waals surface area contributed by atoms with Crippen molar-refractivity contribution in [1.29, 1.82) is 0 Å². The fourth-order valence-electron chi connectivity index (χ4n) is 2.29. The molecule has 0 heterocycles. The van der Waals surface area contributed by atoms with E-state index in [-0.39, 0.29) is 19.0 Å². The van der Waals surface area contributed by atoms with Gasteiger partial charge in [-0.05, 0) is 68.3 Å². The van der Waals surface area contributed by atoms with Crippen LogP contribution in [0.1, 0.15) is 30.5 Å². The van der Waals surface area contributed by atoms with Crippen molar-refractivity contribution in [2.24, 2.45) is 0 Å². The number of rotatable bonds is 5. The molecule has 3 rings (SSSR count). The van der Waals surface area contributed by atoms with Gasteiger partial charge in [0.15, 0.2) is 0 Å². The number of ether oxygens (including phenoxy) is 1. The van der Waals surface area contributed by atoms with Crippen LogP contribution < -0.4 is 0 Å². The van der Waals surface area contributed by atoms with Crippen LogP contribution in [0, 0.1) is 13.6 Å². The zero-order valence-corrected chi connectivity index (χ0v) is 23.2. The van der Waals surface area contributed by atoms with Crippen molar-refractivity contribution in [3.63, 3.8) is 0 Å². The molecule has 0 aliphatic carbocycles. The molecule has 0 atom stereocenters. The molecule has 0 spiro atoms. The fourth-order valence-corrected chi connectivity index (χ4v) is 2.67. The molecular formula is C28H31Cl3O6. The van der Waals surface area contributed by atoms with Crippen LogP contribution in [0.15, 0.2) is 72.8 Å². The number of benzene rings is 3. The first kappa shape index (κ1) is 36.3. The van der Waals surface area contributed by atoms with E-state index in [0.717, 1.165) is 16.1 Å². The summed E-state index contributed by atoms with van der Waals surface area (Å²) in [7, 11) is 0. The quantitative estimate of drug-likeness (QED) is 0.195. The van der Waals surface area contributed by atoms with Crippen LogP contribution in [0.25, 0.3) is 0 Å². The van der Waals surface area contributed by atoms with Crippen molar-refractivity contribution < 1.29 is 29.2 Å². The molecule has 0 aliphatic heterocycles. The first-order chi connectivity index (χ1) is 17.6. The zero-order chi connectivity index (χ0) is 28.6. The SMILES string of the molecule is CCO.CCOC(=O)Cc1ccc(Cl)cc1.Cc1ccc(Cl)cc1.O=C(O)Cc1ccc(Cl)cc1.[C-]#[O+]. The standard InChI is InChI=1S/C10H11ClO2.C8H7ClO2.C7H7Cl.C2H6O.CO/c1-2-13-10(12)7-8-3-5-9(11)6-4-8;9-7-3-1-6(2-4-7)5-8(10)11;1-6-2-4-7(8)5-3-6;1-2-3;1-2/h3-6H,2,7H2,1H3;1-4H,5H2,(H,10,11);2-5H,1H3;3H,2H2,1H3;. The summed E-state index contributed by atoms with van der Waals surface area (Å²) in [5.41, 5.74) is 2.93. The summed E-state index contributed by atoms with van der Waals surface area (Å²) in [6.45, 7) is 10.7. The third-order valence-electron chi connectivity index (χ3n) is 3.85. The molecule has 0 saturated heterocycles. The summed E-state index contributed by atoms with van der Waals surface area (Å²) in [6.07, 6.45) is 0.363. The Labute approximate surface area is 233 Å². The number of carbonyl (C=O) groups excluding carboxylic acids is 1. The molecule has 0 aliphatic rings. The van der Waals surface area contributed by atoms with Crippen molar-refractivity contribution >= 4 is 46.7 Å². The van der Waals surface area contributed by atoms with Gasteiger partial charge >= 0.3 is 23.2 Å². The Morgan fingerprint density at radius 1 is 0.757 bits per heavy atom. The minimum atomic E-state index is -0.827. The van der Waals surface area contributed by atoms with Crippen LogP contribution in [0.2, 0.25) is 15.1 Å². The number of hydrogen-bond acceptors (Lipinski definition) is 4. The van der Waals surface area contributed by atoms with E-state index in [4.69, 9.17) is 54.4 Å². The Hall–Kier alpha value is -2.83. The van der Waals surface area contributed by atoms with E-state index in [1.54, 1.807) is 50.2 Å². The Balaban J connectivity index is 0. The van der Waals surface area contributed by atoms with Crippen LogP contribution in [0.5, 0.6) is 0 Å². The van der Waals surface area contributed by atoms with E-state index >= 15 is 0 Å². The van der Waals surface area contributed by atoms with Gasteiger partial charge in [0.2, 0.25) is 0 Å². The van der Waals surface area contributed by atoms with Gasteiger partial charge in [-0.1, -0.05) is 76.8 Å². The third-order valence-corrected chi connectivity index (χ3v) is 4.60. The topological polar surface area (TPSA) is 104 Å². The minimum absolute atomic E-state index is 0.0527. The number of halogens is 3. The van der Waals surface area contributed by atoms with E-state index in [0.29, 0.717) is 23.1 Å². The first-order valence-electron chi connectivity index (χ1n) is 11.0. The number of hydrogen-bond donors (Lipinski definition) is 2. The number of aliphatic hydroxyl groups excluding tert-OH is 1.